The van der Waals surface area contributed by atoms with Crippen LogP contribution in [0.2, 0.25) is 0 Å². The summed E-state index contributed by atoms with van der Waals surface area (Å²) in [5, 5.41) is 11.5. The van der Waals surface area contributed by atoms with Crippen LogP contribution in [-0.4, -0.2) is 27.0 Å². The first-order valence-electron chi connectivity index (χ1n) is 4.97. The Morgan fingerprint density at radius 3 is 2.38 bits per heavy atom. The molecule has 1 aliphatic rings. The molecule has 1 amide bonds. The summed E-state index contributed by atoms with van der Waals surface area (Å²) in [4.78, 5) is 30.4. The van der Waals surface area contributed by atoms with Crippen LogP contribution < -0.4 is 5.32 Å². The first-order chi connectivity index (χ1) is 7.65. The lowest BCUT2D eigenvalue weighted by atomic mass is 9.68. The number of anilines is 1. The van der Waals surface area contributed by atoms with Crippen molar-refractivity contribution in [2.45, 2.75) is 19.3 Å². The summed E-state index contributed by atoms with van der Waals surface area (Å²) in [6.07, 6.45) is 4.48. The molecule has 2 rings (SSSR count). The van der Waals surface area contributed by atoms with Gasteiger partial charge in [0.2, 0.25) is 11.9 Å². The van der Waals surface area contributed by atoms with Crippen molar-refractivity contribution in [2.75, 3.05) is 5.32 Å². The van der Waals surface area contributed by atoms with Gasteiger partial charge in [-0.2, -0.15) is 0 Å². The Balaban J connectivity index is 2.11. The number of carbonyl (C=O) groups is 2. The normalized spacial score (nSPS) is 17.2. The minimum absolute atomic E-state index is 0.139. The Morgan fingerprint density at radius 1 is 1.31 bits per heavy atom. The predicted molar refractivity (Wildman–Crippen MR) is 54.6 cm³/mol. The molecule has 1 saturated carbocycles. The third-order valence-corrected chi connectivity index (χ3v) is 2.84. The van der Waals surface area contributed by atoms with Gasteiger partial charge in [-0.25, -0.2) is 9.97 Å². The second-order valence-electron chi connectivity index (χ2n) is 3.77. The molecule has 84 valence electrons. The van der Waals surface area contributed by atoms with Crippen LogP contribution in [0.5, 0.6) is 0 Å². The molecule has 6 heteroatoms. The number of hydrogen-bond acceptors (Lipinski definition) is 4. The van der Waals surface area contributed by atoms with Gasteiger partial charge in [0, 0.05) is 12.4 Å². The lowest BCUT2D eigenvalue weighted by molar-refractivity contribution is -0.159. The van der Waals surface area contributed by atoms with Gasteiger partial charge in [-0.3, -0.25) is 14.9 Å². The molecule has 0 radical (unpaired) electrons. The maximum atomic E-state index is 11.8. The smallest absolute Gasteiger partial charge is 0.319 e. The monoisotopic (exact) mass is 221 g/mol. The Bertz CT molecular complexity index is 415. The van der Waals surface area contributed by atoms with Gasteiger partial charge < -0.3 is 5.11 Å². The maximum absolute atomic E-state index is 11.8. The van der Waals surface area contributed by atoms with Gasteiger partial charge >= 0.3 is 5.97 Å². The van der Waals surface area contributed by atoms with Crippen LogP contribution in [-0.2, 0) is 9.59 Å². The average molecular weight is 221 g/mol. The Kier molecular flexibility index (Phi) is 2.55. The fourth-order valence-electron chi connectivity index (χ4n) is 1.65. The molecular weight excluding hydrogens is 210 g/mol. The van der Waals surface area contributed by atoms with Crippen molar-refractivity contribution in [3.63, 3.8) is 0 Å². The summed E-state index contributed by atoms with van der Waals surface area (Å²) < 4.78 is 0. The van der Waals surface area contributed by atoms with Crippen LogP contribution in [0, 0.1) is 5.41 Å². The van der Waals surface area contributed by atoms with Crippen molar-refractivity contribution in [1.29, 1.82) is 0 Å². The van der Waals surface area contributed by atoms with Gasteiger partial charge in [-0.15, -0.1) is 0 Å². The van der Waals surface area contributed by atoms with Crippen molar-refractivity contribution < 1.29 is 14.7 Å². The Hall–Kier alpha value is -1.98. The van der Waals surface area contributed by atoms with Crippen molar-refractivity contribution in [2.24, 2.45) is 5.41 Å². The third-order valence-electron chi connectivity index (χ3n) is 2.84. The number of carbonyl (C=O) groups excluding carboxylic acids is 1. The molecule has 0 spiro atoms. The molecule has 0 bridgehead atoms. The zero-order valence-corrected chi connectivity index (χ0v) is 8.51. The number of rotatable bonds is 3. The van der Waals surface area contributed by atoms with E-state index < -0.39 is 17.3 Å². The van der Waals surface area contributed by atoms with E-state index in [0.29, 0.717) is 12.8 Å². The average Bonchev–Trinajstić information content (AvgIpc) is 2.16. The highest BCUT2D eigenvalue weighted by molar-refractivity contribution is 6.08. The molecular formula is C10H11N3O3. The van der Waals surface area contributed by atoms with Crippen LogP contribution >= 0.6 is 0 Å². The second-order valence-corrected chi connectivity index (χ2v) is 3.77. The van der Waals surface area contributed by atoms with Crippen LogP contribution in [0.1, 0.15) is 19.3 Å². The number of carboxylic acid groups (broad SMARTS) is 1. The van der Waals surface area contributed by atoms with E-state index in [1.165, 1.54) is 12.4 Å². The van der Waals surface area contributed by atoms with Gasteiger partial charge in [0.1, 0.15) is 5.41 Å². The Labute approximate surface area is 91.7 Å². The molecule has 1 heterocycles. The highest BCUT2D eigenvalue weighted by Gasteiger charge is 2.51. The summed E-state index contributed by atoms with van der Waals surface area (Å²) in [5.74, 6) is -1.47. The first kappa shape index (κ1) is 10.5. The number of hydrogen-bond donors (Lipinski definition) is 2. The van der Waals surface area contributed by atoms with Crippen molar-refractivity contribution in [3.8, 4) is 0 Å². The highest BCUT2D eigenvalue weighted by Crippen LogP contribution is 2.41. The lowest BCUT2D eigenvalue weighted by Gasteiger charge is -2.35. The number of carboxylic acids is 1. The number of aromatic nitrogens is 2. The summed E-state index contributed by atoms with van der Waals surface area (Å²) in [6, 6.07) is 1.62. The molecule has 16 heavy (non-hydrogen) atoms. The van der Waals surface area contributed by atoms with E-state index in [0.717, 1.165) is 6.42 Å². The first-order valence-corrected chi connectivity index (χ1v) is 4.97. The third kappa shape index (κ3) is 1.62. The fourth-order valence-corrected chi connectivity index (χ4v) is 1.65. The predicted octanol–water partition coefficient (Wildman–Crippen LogP) is 0.670. The van der Waals surface area contributed by atoms with Crippen LogP contribution in [0.25, 0.3) is 0 Å². The van der Waals surface area contributed by atoms with E-state index in [4.69, 9.17) is 5.11 Å². The van der Waals surface area contributed by atoms with Gasteiger partial charge in [-0.1, -0.05) is 6.42 Å². The van der Waals surface area contributed by atoms with E-state index in [-0.39, 0.29) is 5.95 Å². The van der Waals surface area contributed by atoms with Crippen molar-refractivity contribution >= 4 is 17.8 Å². The molecule has 0 saturated heterocycles. The van der Waals surface area contributed by atoms with Gasteiger partial charge in [-0.05, 0) is 18.9 Å². The highest BCUT2D eigenvalue weighted by atomic mass is 16.4. The van der Waals surface area contributed by atoms with Crippen molar-refractivity contribution in [3.05, 3.63) is 18.5 Å². The molecule has 1 fully saturated rings. The van der Waals surface area contributed by atoms with Gasteiger partial charge in [0.15, 0.2) is 0 Å². The second kappa shape index (κ2) is 3.88. The molecule has 1 aromatic heterocycles. The molecule has 1 aromatic rings. The maximum Gasteiger partial charge on any atom is 0.319 e. The van der Waals surface area contributed by atoms with Crippen LogP contribution in [0.3, 0.4) is 0 Å². The molecule has 6 nitrogen and oxygen atoms in total. The summed E-state index contributed by atoms with van der Waals surface area (Å²) in [7, 11) is 0. The van der Waals surface area contributed by atoms with E-state index >= 15 is 0 Å². The van der Waals surface area contributed by atoms with E-state index in [1.54, 1.807) is 6.07 Å². The standard InChI is InChI=1S/C10H11N3O3/c14-7(10(8(15)16)3-1-4-10)13-9-11-5-2-6-12-9/h2,5-6H,1,3-4H2,(H,15,16)(H,11,12,13,14). The van der Waals surface area contributed by atoms with E-state index in [2.05, 4.69) is 15.3 Å². The SMILES string of the molecule is O=C(O)C1(C(=O)Nc2ncccn2)CCC1. The number of aliphatic carboxylic acids is 1. The van der Waals surface area contributed by atoms with Crippen molar-refractivity contribution in [1.82, 2.24) is 9.97 Å². The zero-order chi connectivity index (χ0) is 11.6. The number of amides is 1. The van der Waals surface area contributed by atoms with E-state index in [9.17, 15) is 9.59 Å². The molecule has 0 aromatic carbocycles. The summed E-state index contributed by atoms with van der Waals surface area (Å²) >= 11 is 0. The number of nitrogens with one attached hydrogen (secondary N) is 1. The lowest BCUT2D eigenvalue weighted by Crippen LogP contribution is -2.48. The summed E-state index contributed by atoms with van der Waals surface area (Å²) in [5.41, 5.74) is -1.28. The Morgan fingerprint density at radius 2 is 1.94 bits per heavy atom. The molecule has 0 aliphatic heterocycles. The van der Waals surface area contributed by atoms with Crippen LogP contribution in [0.4, 0.5) is 5.95 Å². The topological polar surface area (TPSA) is 92.2 Å². The quantitative estimate of drug-likeness (QED) is 0.732. The van der Waals surface area contributed by atoms with Gasteiger partial charge in [0.05, 0.1) is 0 Å². The van der Waals surface area contributed by atoms with Crippen LogP contribution in [0.15, 0.2) is 18.5 Å². The fraction of sp³-hybridized carbons (Fsp3) is 0.400. The minimum Gasteiger partial charge on any atom is -0.480 e. The molecule has 0 unspecified atom stereocenters. The molecule has 0 atom stereocenters. The minimum atomic E-state index is -1.28. The zero-order valence-electron chi connectivity index (χ0n) is 8.51. The molecule has 2 N–H and O–H groups in total. The van der Waals surface area contributed by atoms with E-state index in [1.807, 2.05) is 0 Å². The molecule has 1 aliphatic carbocycles. The number of nitrogens with zero attached hydrogens (tertiary/aromatic N) is 2. The summed E-state index contributed by atoms with van der Waals surface area (Å²) in [6.45, 7) is 0. The van der Waals surface area contributed by atoms with Gasteiger partial charge in [0.25, 0.3) is 0 Å². The largest absolute Gasteiger partial charge is 0.480 e.